The highest BCUT2D eigenvalue weighted by Gasteiger charge is 2.57. The number of allylic oxidation sites excluding steroid dienone is 2. The predicted molar refractivity (Wildman–Crippen MR) is 187 cm³/mol. The van der Waals surface area contributed by atoms with Gasteiger partial charge in [-0.3, -0.25) is 14.5 Å². The fourth-order valence-corrected chi connectivity index (χ4v) is 7.87. The van der Waals surface area contributed by atoms with Crippen LogP contribution in [0.4, 0.5) is 17.1 Å². The molecule has 4 aromatic rings. The summed E-state index contributed by atoms with van der Waals surface area (Å²) in [7, 11) is -1.00. The Hall–Kier alpha value is -4.66. The second kappa shape index (κ2) is 12.9. The molecular formula is C39H39BN2O5. The van der Waals surface area contributed by atoms with Gasteiger partial charge in [-0.15, -0.1) is 0 Å². The lowest BCUT2D eigenvalue weighted by Crippen LogP contribution is -2.46. The van der Waals surface area contributed by atoms with Gasteiger partial charge in [-0.05, 0) is 104 Å². The van der Waals surface area contributed by atoms with E-state index >= 15 is 0 Å². The second-order valence-electron chi connectivity index (χ2n) is 13.0. The van der Waals surface area contributed by atoms with E-state index in [-0.39, 0.29) is 29.6 Å². The van der Waals surface area contributed by atoms with Crippen LogP contribution < -0.4 is 10.2 Å². The standard InChI is InChI=1S/C39H39BN2O5/c1-3-25-22-32-37(39(45)42(38(32)44)29-17-15-28(16-18-29)41-27-9-5-4-6-10-27)33-23-40(46)47-35(36(25)33)20-13-24(2)21-26-14-19-34(43)31-12-8-7-11-30(26)31/h4-12,14-19,21,32-33,35,37,41,43,46H,3,13,20,22-23H2,1-2H3/b24-21+/t32-,33+,35-,37-/m1/s1. The summed E-state index contributed by atoms with van der Waals surface area (Å²) >= 11 is 0. The topological polar surface area (TPSA) is 99.1 Å². The molecular weight excluding hydrogens is 587 g/mol. The summed E-state index contributed by atoms with van der Waals surface area (Å²) in [5.74, 6) is -1.30. The second-order valence-corrected chi connectivity index (χ2v) is 13.0. The van der Waals surface area contributed by atoms with Gasteiger partial charge in [0.2, 0.25) is 11.8 Å². The number of para-hydroxylation sites is 1. The molecule has 0 bridgehead atoms. The lowest BCUT2D eigenvalue weighted by molar-refractivity contribution is -0.122. The fourth-order valence-electron chi connectivity index (χ4n) is 7.87. The Morgan fingerprint density at radius 2 is 1.62 bits per heavy atom. The van der Waals surface area contributed by atoms with Gasteiger partial charge in [0, 0.05) is 16.8 Å². The normalized spacial score (nSPS) is 22.9. The summed E-state index contributed by atoms with van der Waals surface area (Å²) in [6.45, 7) is 4.18. The van der Waals surface area contributed by atoms with E-state index in [9.17, 15) is 19.7 Å². The van der Waals surface area contributed by atoms with Crippen LogP contribution in [0.3, 0.4) is 0 Å². The zero-order valence-electron chi connectivity index (χ0n) is 26.7. The number of nitrogens with one attached hydrogen (secondary N) is 1. The molecule has 0 radical (unpaired) electrons. The monoisotopic (exact) mass is 626 g/mol. The molecule has 1 aliphatic carbocycles. The molecule has 0 spiro atoms. The molecule has 7 rings (SSSR count). The molecule has 8 heteroatoms. The van der Waals surface area contributed by atoms with Crippen LogP contribution in [0.15, 0.2) is 108 Å². The zero-order valence-corrected chi connectivity index (χ0v) is 26.7. The molecule has 47 heavy (non-hydrogen) atoms. The molecule has 0 aromatic heterocycles. The Kier molecular flexibility index (Phi) is 8.47. The van der Waals surface area contributed by atoms with Crippen LogP contribution in [0, 0.1) is 17.8 Å². The lowest BCUT2D eigenvalue weighted by atomic mass is 9.58. The fraction of sp³-hybridized carbons (Fsp3) is 0.282. The highest BCUT2D eigenvalue weighted by atomic mass is 16.5. The molecule has 2 fully saturated rings. The van der Waals surface area contributed by atoms with Crippen LogP contribution in [0.5, 0.6) is 5.75 Å². The zero-order chi connectivity index (χ0) is 32.7. The van der Waals surface area contributed by atoms with Gasteiger partial charge in [0.1, 0.15) is 5.75 Å². The number of anilines is 3. The van der Waals surface area contributed by atoms with Crippen molar-refractivity contribution in [2.24, 2.45) is 17.8 Å². The number of carbonyl (C=O) groups is 2. The smallest absolute Gasteiger partial charge is 0.455 e. The maximum absolute atomic E-state index is 14.1. The van der Waals surface area contributed by atoms with Gasteiger partial charge in [-0.2, -0.15) is 0 Å². The number of carbonyl (C=O) groups excluding carboxylic acids is 2. The minimum Gasteiger partial charge on any atom is -0.507 e. The van der Waals surface area contributed by atoms with Crippen molar-refractivity contribution >= 4 is 52.8 Å². The molecule has 4 aromatic carbocycles. The van der Waals surface area contributed by atoms with E-state index in [1.165, 1.54) is 10.5 Å². The first-order valence-corrected chi connectivity index (χ1v) is 16.6. The summed E-state index contributed by atoms with van der Waals surface area (Å²) in [5.41, 5.74) is 6.85. The highest BCUT2D eigenvalue weighted by molar-refractivity contribution is 6.43. The maximum Gasteiger partial charge on any atom is 0.455 e. The van der Waals surface area contributed by atoms with Crippen molar-refractivity contribution in [2.45, 2.75) is 52.0 Å². The van der Waals surface area contributed by atoms with Crippen molar-refractivity contribution in [1.82, 2.24) is 0 Å². The van der Waals surface area contributed by atoms with E-state index < -0.39 is 19.0 Å². The quantitative estimate of drug-likeness (QED) is 0.105. The number of phenols is 1. The van der Waals surface area contributed by atoms with Crippen LogP contribution in [-0.2, 0) is 14.2 Å². The minimum atomic E-state index is -1.00. The number of amides is 2. The van der Waals surface area contributed by atoms with Gasteiger partial charge < -0.3 is 20.1 Å². The van der Waals surface area contributed by atoms with E-state index in [0.29, 0.717) is 24.8 Å². The molecule has 3 aliphatic rings. The van der Waals surface area contributed by atoms with E-state index in [1.54, 1.807) is 6.07 Å². The van der Waals surface area contributed by atoms with Gasteiger partial charge in [0.25, 0.3) is 0 Å². The van der Waals surface area contributed by atoms with E-state index in [0.717, 1.165) is 51.7 Å². The lowest BCUT2D eigenvalue weighted by Gasteiger charge is -2.43. The Labute approximate surface area is 275 Å². The van der Waals surface area contributed by atoms with Gasteiger partial charge >= 0.3 is 7.12 Å². The number of benzene rings is 4. The molecule has 3 N–H and O–H groups in total. The van der Waals surface area contributed by atoms with Crippen molar-refractivity contribution < 1.29 is 24.4 Å². The molecule has 4 atom stereocenters. The molecule has 2 amide bonds. The Morgan fingerprint density at radius 3 is 2.36 bits per heavy atom. The van der Waals surface area contributed by atoms with Crippen LogP contribution in [0.1, 0.15) is 45.1 Å². The third-order valence-corrected chi connectivity index (χ3v) is 10.1. The highest BCUT2D eigenvalue weighted by Crippen LogP contribution is 2.52. The Bertz CT molecular complexity index is 1890. The van der Waals surface area contributed by atoms with Gasteiger partial charge in [0.05, 0.1) is 23.6 Å². The molecule has 2 aliphatic heterocycles. The van der Waals surface area contributed by atoms with Gasteiger partial charge in [-0.1, -0.05) is 72.7 Å². The van der Waals surface area contributed by atoms with E-state index in [1.807, 2.05) is 84.9 Å². The third-order valence-electron chi connectivity index (χ3n) is 10.1. The maximum atomic E-state index is 14.1. The third kappa shape index (κ3) is 5.88. The summed E-state index contributed by atoms with van der Waals surface area (Å²) in [6, 6.07) is 28.7. The predicted octanol–water partition coefficient (Wildman–Crippen LogP) is 7.88. The molecule has 0 saturated carbocycles. The van der Waals surface area contributed by atoms with Crippen molar-refractivity contribution in [3.63, 3.8) is 0 Å². The number of hydrogen-bond acceptors (Lipinski definition) is 6. The van der Waals surface area contributed by atoms with Gasteiger partial charge in [0.15, 0.2) is 0 Å². The molecule has 0 unspecified atom stereocenters. The van der Waals surface area contributed by atoms with Crippen LogP contribution >= 0.6 is 0 Å². The number of hydrogen-bond donors (Lipinski definition) is 3. The minimum absolute atomic E-state index is 0.161. The van der Waals surface area contributed by atoms with Crippen molar-refractivity contribution in [2.75, 3.05) is 10.2 Å². The summed E-state index contributed by atoms with van der Waals surface area (Å²) in [5, 5.41) is 26.4. The first-order chi connectivity index (χ1) is 22.8. The number of imide groups is 1. The molecule has 2 heterocycles. The Morgan fingerprint density at radius 1 is 0.915 bits per heavy atom. The number of fused-ring (bicyclic) bond motifs is 4. The Balaban J connectivity index is 1.11. The largest absolute Gasteiger partial charge is 0.507 e. The number of rotatable bonds is 8. The molecule has 2 saturated heterocycles. The van der Waals surface area contributed by atoms with E-state index in [2.05, 4.69) is 25.2 Å². The van der Waals surface area contributed by atoms with Crippen LogP contribution in [-0.4, -0.2) is 35.2 Å². The summed E-state index contributed by atoms with van der Waals surface area (Å²) < 4.78 is 6.18. The number of nitrogens with zero attached hydrogens (tertiary/aromatic N) is 1. The molecule has 238 valence electrons. The van der Waals surface area contributed by atoms with Crippen molar-refractivity contribution in [1.29, 1.82) is 0 Å². The van der Waals surface area contributed by atoms with Crippen LogP contribution in [0.2, 0.25) is 6.32 Å². The summed E-state index contributed by atoms with van der Waals surface area (Å²) in [6.07, 6.45) is 4.80. The number of phenolic OH excluding ortho intramolecular Hbond substituents is 1. The average molecular weight is 627 g/mol. The summed E-state index contributed by atoms with van der Waals surface area (Å²) in [4.78, 5) is 29.4. The first-order valence-electron chi connectivity index (χ1n) is 16.6. The van der Waals surface area contributed by atoms with Crippen molar-refractivity contribution in [3.8, 4) is 5.75 Å². The van der Waals surface area contributed by atoms with E-state index in [4.69, 9.17) is 4.65 Å². The average Bonchev–Trinajstić information content (AvgIpc) is 3.34. The van der Waals surface area contributed by atoms with Crippen molar-refractivity contribution in [3.05, 3.63) is 113 Å². The van der Waals surface area contributed by atoms with Gasteiger partial charge in [-0.25, -0.2) is 0 Å². The van der Waals surface area contributed by atoms with Crippen LogP contribution in [0.25, 0.3) is 16.8 Å². The molecule has 7 nitrogen and oxygen atoms in total. The SMILES string of the molecule is CCC1=C2[C@@H](CC/C(C)=C/c3ccc(O)c4ccccc34)OB(O)C[C@@H]2[C@@H]2C(=O)N(c3ccc(Nc4ccccc4)cc3)C(=O)[C@@H]2C1. The number of aromatic hydroxyl groups is 1. The first kappa shape index (κ1) is 31.0.